The molecule has 6 aromatic rings. The van der Waals surface area contributed by atoms with Crippen LogP contribution in [0.3, 0.4) is 0 Å². The molecule has 8 N–H and O–H groups in total. The molecule has 6 heteroatoms. The Morgan fingerprint density at radius 3 is 1.50 bits per heavy atom. The highest BCUT2D eigenvalue weighted by atomic mass is 14.9. The summed E-state index contributed by atoms with van der Waals surface area (Å²) in [4.78, 5) is 8.12. The molecule has 2 aromatic heterocycles. The second kappa shape index (κ2) is 14.3. The van der Waals surface area contributed by atoms with Crippen molar-refractivity contribution in [2.45, 2.75) is 12.3 Å². The molecule has 6 rings (SSSR count). The Hall–Kier alpha value is -5.88. The highest BCUT2D eigenvalue weighted by Gasteiger charge is 2.16. The van der Waals surface area contributed by atoms with E-state index in [1.807, 2.05) is 72.8 Å². The highest BCUT2D eigenvalue weighted by molar-refractivity contribution is 5.92. The lowest BCUT2D eigenvalue weighted by Gasteiger charge is -2.19. The minimum absolute atomic E-state index is 0.205. The minimum atomic E-state index is 0.205. The smallest absolute Gasteiger partial charge is 0.126 e. The second-order valence-electron chi connectivity index (χ2n) is 10.4. The Morgan fingerprint density at radius 1 is 0.500 bits per heavy atom. The standard InChI is InChI=1S/C19H19N3.C19H17N3/c2*20-18-12-16(13-19(21)22-18)17(15-9-5-2-6-10-15)11-14-7-3-1-4-8-14/h1-10,12-13,17H,11H2,(H4,20,21,22);1-13H,(H4,20,21,22)/b;17-11+. The molecular weight excluding hydrogens is 540 g/mol. The molecule has 1 atom stereocenters. The number of rotatable bonds is 7. The molecule has 0 aliphatic rings. The third-order valence-electron chi connectivity index (χ3n) is 7.15. The summed E-state index contributed by atoms with van der Waals surface area (Å²) in [7, 11) is 0. The van der Waals surface area contributed by atoms with Crippen molar-refractivity contribution in [1.82, 2.24) is 9.97 Å². The number of hydrogen-bond donors (Lipinski definition) is 4. The van der Waals surface area contributed by atoms with Gasteiger partial charge in [-0.1, -0.05) is 121 Å². The zero-order valence-corrected chi connectivity index (χ0v) is 24.4. The van der Waals surface area contributed by atoms with Crippen LogP contribution >= 0.6 is 0 Å². The molecule has 2 heterocycles. The summed E-state index contributed by atoms with van der Waals surface area (Å²) < 4.78 is 0. The summed E-state index contributed by atoms with van der Waals surface area (Å²) in [5.41, 5.74) is 31.3. The fourth-order valence-electron chi connectivity index (χ4n) is 5.16. The quantitative estimate of drug-likeness (QED) is 0.146. The number of nitrogen functional groups attached to an aromatic ring is 4. The first kappa shape index (κ1) is 29.6. The number of pyridine rings is 2. The fourth-order valence-corrected chi connectivity index (χ4v) is 5.16. The van der Waals surface area contributed by atoms with Gasteiger partial charge >= 0.3 is 0 Å². The number of benzene rings is 4. The van der Waals surface area contributed by atoms with E-state index in [0.717, 1.165) is 34.2 Å². The van der Waals surface area contributed by atoms with Gasteiger partial charge in [-0.15, -0.1) is 0 Å². The summed E-state index contributed by atoms with van der Waals surface area (Å²) in [6.45, 7) is 0. The number of nitrogens with zero attached hydrogens (tertiary/aromatic N) is 2. The van der Waals surface area contributed by atoms with Crippen molar-refractivity contribution in [3.63, 3.8) is 0 Å². The van der Waals surface area contributed by atoms with E-state index in [9.17, 15) is 0 Å². The maximum absolute atomic E-state index is 5.88. The molecule has 6 nitrogen and oxygen atoms in total. The molecule has 1 unspecified atom stereocenters. The van der Waals surface area contributed by atoms with E-state index in [1.165, 1.54) is 11.1 Å². The molecule has 44 heavy (non-hydrogen) atoms. The third-order valence-corrected chi connectivity index (χ3v) is 7.15. The van der Waals surface area contributed by atoms with Crippen LogP contribution in [0.25, 0.3) is 11.6 Å². The van der Waals surface area contributed by atoms with Crippen LogP contribution < -0.4 is 22.9 Å². The molecule has 0 amide bonds. The van der Waals surface area contributed by atoms with Gasteiger partial charge in [0.1, 0.15) is 23.3 Å². The predicted octanol–water partition coefficient (Wildman–Crippen LogP) is 7.46. The van der Waals surface area contributed by atoms with Crippen molar-refractivity contribution in [1.29, 1.82) is 0 Å². The number of anilines is 4. The van der Waals surface area contributed by atoms with Crippen LogP contribution in [-0.2, 0) is 6.42 Å². The topological polar surface area (TPSA) is 130 Å². The first-order chi connectivity index (χ1) is 21.4. The normalized spacial score (nSPS) is 11.7. The van der Waals surface area contributed by atoms with Gasteiger partial charge in [0.2, 0.25) is 0 Å². The van der Waals surface area contributed by atoms with Crippen molar-refractivity contribution in [3.05, 3.63) is 179 Å². The molecule has 4 aromatic carbocycles. The average Bonchev–Trinajstić information content (AvgIpc) is 3.04. The van der Waals surface area contributed by atoms with E-state index in [2.05, 4.69) is 88.8 Å². The average molecular weight is 577 g/mol. The van der Waals surface area contributed by atoms with Gasteiger partial charge in [0.05, 0.1) is 0 Å². The molecule has 0 fully saturated rings. The van der Waals surface area contributed by atoms with Gasteiger partial charge in [-0.3, -0.25) is 0 Å². The van der Waals surface area contributed by atoms with Crippen LogP contribution in [0.15, 0.2) is 146 Å². The highest BCUT2D eigenvalue weighted by Crippen LogP contribution is 2.31. The lowest BCUT2D eigenvalue weighted by atomic mass is 9.86. The van der Waals surface area contributed by atoms with Gasteiger partial charge in [-0.25, -0.2) is 9.97 Å². The SMILES string of the molecule is Nc1cc(/C(=C/c2ccccc2)c2ccccc2)cc(N)n1.Nc1cc(C(Cc2ccccc2)c2ccccc2)cc(N)n1. The van der Waals surface area contributed by atoms with Crippen LogP contribution in [0.5, 0.6) is 0 Å². The third kappa shape index (κ3) is 8.11. The second-order valence-corrected chi connectivity index (χ2v) is 10.4. The lowest BCUT2D eigenvalue weighted by Crippen LogP contribution is -2.08. The van der Waals surface area contributed by atoms with Crippen LogP contribution in [0.4, 0.5) is 23.3 Å². The van der Waals surface area contributed by atoms with E-state index in [0.29, 0.717) is 23.3 Å². The molecule has 0 aliphatic carbocycles. The molecule has 0 saturated carbocycles. The maximum Gasteiger partial charge on any atom is 0.126 e. The summed E-state index contributed by atoms with van der Waals surface area (Å²) in [5.74, 6) is 1.97. The molecule has 0 aliphatic heterocycles. The van der Waals surface area contributed by atoms with Crippen LogP contribution in [0.1, 0.15) is 39.3 Å². The van der Waals surface area contributed by atoms with E-state index >= 15 is 0 Å². The van der Waals surface area contributed by atoms with Crippen molar-refractivity contribution in [3.8, 4) is 0 Å². The zero-order valence-electron chi connectivity index (χ0n) is 24.4. The monoisotopic (exact) mass is 576 g/mol. The van der Waals surface area contributed by atoms with Gasteiger partial charge in [0, 0.05) is 5.92 Å². The van der Waals surface area contributed by atoms with Gasteiger partial charge in [-0.05, 0) is 75.7 Å². The number of hydrogen-bond acceptors (Lipinski definition) is 6. The Bertz CT molecular complexity index is 1760. The Kier molecular flexibility index (Phi) is 9.65. The lowest BCUT2D eigenvalue weighted by molar-refractivity contribution is 0.804. The van der Waals surface area contributed by atoms with Crippen LogP contribution in [0.2, 0.25) is 0 Å². The molecule has 0 saturated heterocycles. The van der Waals surface area contributed by atoms with Crippen LogP contribution in [0, 0.1) is 0 Å². The van der Waals surface area contributed by atoms with Crippen molar-refractivity contribution in [2.24, 2.45) is 0 Å². The van der Waals surface area contributed by atoms with E-state index in [4.69, 9.17) is 22.9 Å². The minimum Gasteiger partial charge on any atom is -0.384 e. The molecular formula is C38H36N6. The largest absolute Gasteiger partial charge is 0.384 e. The Morgan fingerprint density at radius 2 is 0.955 bits per heavy atom. The van der Waals surface area contributed by atoms with Gasteiger partial charge in [0.25, 0.3) is 0 Å². The Balaban J connectivity index is 0.000000175. The van der Waals surface area contributed by atoms with Crippen molar-refractivity contribution < 1.29 is 0 Å². The zero-order chi connectivity index (χ0) is 30.7. The van der Waals surface area contributed by atoms with E-state index in [1.54, 1.807) is 0 Å². The Labute approximate surface area is 258 Å². The van der Waals surface area contributed by atoms with Gasteiger partial charge in [-0.2, -0.15) is 0 Å². The van der Waals surface area contributed by atoms with E-state index < -0.39 is 0 Å². The van der Waals surface area contributed by atoms with E-state index in [-0.39, 0.29) is 5.92 Å². The fraction of sp³-hybridized carbons (Fsp3) is 0.0526. The molecule has 0 bridgehead atoms. The molecule has 218 valence electrons. The summed E-state index contributed by atoms with van der Waals surface area (Å²) in [6, 6.07) is 48.7. The van der Waals surface area contributed by atoms with Gasteiger partial charge < -0.3 is 22.9 Å². The first-order valence-corrected chi connectivity index (χ1v) is 14.4. The molecule has 0 radical (unpaired) electrons. The first-order valence-electron chi connectivity index (χ1n) is 14.4. The summed E-state index contributed by atoms with van der Waals surface area (Å²) in [5, 5.41) is 0. The van der Waals surface area contributed by atoms with Crippen molar-refractivity contribution >= 4 is 34.9 Å². The van der Waals surface area contributed by atoms with Crippen molar-refractivity contribution in [2.75, 3.05) is 22.9 Å². The van der Waals surface area contributed by atoms with Crippen LogP contribution in [-0.4, -0.2) is 9.97 Å². The molecule has 0 spiro atoms. The summed E-state index contributed by atoms with van der Waals surface area (Å²) >= 11 is 0. The number of aromatic nitrogens is 2. The number of nitrogens with two attached hydrogens (primary N) is 4. The summed E-state index contributed by atoms with van der Waals surface area (Å²) in [6.07, 6.45) is 3.03. The maximum atomic E-state index is 5.88. The van der Waals surface area contributed by atoms with Gasteiger partial charge in [0.15, 0.2) is 0 Å². The predicted molar refractivity (Wildman–Crippen MR) is 184 cm³/mol.